The summed E-state index contributed by atoms with van der Waals surface area (Å²) in [6.45, 7) is 0. The maximum absolute atomic E-state index is 12.4. The minimum absolute atomic E-state index is 0.221. The first kappa shape index (κ1) is 11.2. The summed E-state index contributed by atoms with van der Waals surface area (Å²) in [6.07, 6.45) is 0. The molecule has 2 aromatic heterocycles. The molecule has 0 aliphatic rings. The van der Waals surface area contributed by atoms with Crippen molar-refractivity contribution in [3.05, 3.63) is 58.5 Å². The largest absolute Gasteiger partial charge is 0.297 e. The summed E-state index contributed by atoms with van der Waals surface area (Å²) in [5.74, 6) is 0. The highest BCUT2D eigenvalue weighted by Gasteiger charge is 2.13. The zero-order valence-corrected chi connectivity index (χ0v) is 10.2. The van der Waals surface area contributed by atoms with Crippen LogP contribution in [0.4, 0.5) is 0 Å². The topological polar surface area (TPSA) is 63.6 Å². The molecule has 0 radical (unpaired) electrons. The number of benzene rings is 1. The van der Waals surface area contributed by atoms with Crippen LogP contribution in [0.1, 0.15) is 5.69 Å². The number of hydrogen-bond acceptors (Lipinski definition) is 3. The predicted molar refractivity (Wildman–Crippen MR) is 71.0 cm³/mol. The molecular weight excluding hydrogens is 240 g/mol. The van der Waals surface area contributed by atoms with E-state index in [4.69, 9.17) is 5.26 Å². The Morgan fingerprint density at radius 1 is 1.16 bits per heavy atom. The van der Waals surface area contributed by atoms with E-state index in [1.165, 1.54) is 0 Å². The van der Waals surface area contributed by atoms with Gasteiger partial charge in [0.05, 0.1) is 11.2 Å². The van der Waals surface area contributed by atoms with Gasteiger partial charge in [-0.15, -0.1) is 0 Å². The molecule has 2 heterocycles. The van der Waals surface area contributed by atoms with Gasteiger partial charge in [-0.05, 0) is 24.3 Å². The van der Waals surface area contributed by atoms with Crippen molar-refractivity contribution in [3.63, 3.8) is 0 Å². The zero-order valence-electron chi connectivity index (χ0n) is 10.2. The van der Waals surface area contributed by atoms with Crippen LogP contribution in [-0.2, 0) is 7.05 Å². The Morgan fingerprint density at radius 3 is 2.58 bits per heavy atom. The smallest absolute Gasteiger partial charge is 0.279 e. The SMILES string of the molecule is Cn1c2ccc(C#N)nc2c(=O)n1-c1ccccc1. The van der Waals surface area contributed by atoms with Gasteiger partial charge in [0.2, 0.25) is 0 Å². The molecule has 92 valence electrons. The number of fused-ring (bicyclic) bond motifs is 1. The molecule has 0 aliphatic carbocycles. The average Bonchev–Trinajstić information content (AvgIpc) is 2.71. The quantitative estimate of drug-likeness (QED) is 0.659. The summed E-state index contributed by atoms with van der Waals surface area (Å²) < 4.78 is 3.28. The highest BCUT2D eigenvalue weighted by molar-refractivity contribution is 5.75. The number of aromatic nitrogens is 3. The van der Waals surface area contributed by atoms with Gasteiger partial charge in [0.25, 0.3) is 5.56 Å². The Labute approximate surface area is 108 Å². The lowest BCUT2D eigenvalue weighted by molar-refractivity contribution is 0.666. The predicted octanol–water partition coefficient (Wildman–Crippen LogP) is 1.60. The van der Waals surface area contributed by atoms with Crippen LogP contribution >= 0.6 is 0 Å². The van der Waals surface area contributed by atoms with Crippen LogP contribution in [0.2, 0.25) is 0 Å². The highest BCUT2D eigenvalue weighted by Crippen LogP contribution is 2.12. The molecule has 0 bridgehead atoms. The van der Waals surface area contributed by atoms with Crippen molar-refractivity contribution in [2.75, 3.05) is 0 Å². The fourth-order valence-corrected chi connectivity index (χ4v) is 2.14. The van der Waals surface area contributed by atoms with E-state index in [0.29, 0.717) is 11.0 Å². The van der Waals surface area contributed by atoms with Gasteiger partial charge in [-0.1, -0.05) is 18.2 Å². The Balaban J connectivity index is 2.40. The highest BCUT2D eigenvalue weighted by atomic mass is 16.1. The third-order valence-electron chi connectivity index (χ3n) is 3.03. The molecule has 1 aromatic carbocycles. The minimum atomic E-state index is -0.221. The standard InChI is InChI=1S/C14H10N4O/c1-17-12-8-7-10(9-15)16-13(12)14(19)18(17)11-5-3-2-4-6-11/h2-8H,1H3. The first-order chi connectivity index (χ1) is 9.22. The van der Waals surface area contributed by atoms with Gasteiger partial charge in [-0.3, -0.25) is 9.48 Å². The second kappa shape index (κ2) is 4.10. The van der Waals surface area contributed by atoms with Crippen LogP contribution in [0.3, 0.4) is 0 Å². The molecule has 0 fully saturated rings. The Hall–Kier alpha value is -2.87. The van der Waals surface area contributed by atoms with Crippen LogP contribution in [0, 0.1) is 11.3 Å². The van der Waals surface area contributed by atoms with Crippen LogP contribution in [-0.4, -0.2) is 14.3 Å². The summed E-state index contributed by atoms with van der Waals surface area (Å²) in [4.78, 5) is 16.5. The molecule has 0 spiro atoms. The Bertz CT molecular complexity index is 853. The molecule has 0 amide bonds. The number of pyridine rings is 1. The second-order valence-corrected chi connectivity index (χ2v) is 4.15. The maximum atomic E-state index is 12.4. The number of rotatable bonds is 1. The van der Waals surface area contributed by atoms with Crippen molar-refractivity contribution in [3.8, 4) is 11.8 Å². The molecule has 0 unspecified atom stereocenters. The molecule has 5 heteroatoms. The summed E-state index contributed by atoms with van der Waals surface area (Å²) >= 11 is 0. The van der Waals surface area contributed by atoms with Crippen LogP contribution in [0.5, 0.6) is 0 Å². The van der Waals surface area contributed by atoms with Gasteiger partial charge < -0.3 is 0 Å². The van der Waals surface area contributed by atoms with Crippen molar-refractivity contribution in [2.24, 2.45) is 7.05 Å². The van der Waals surface area contributed by atoms with Gasteiger partial charge in [0.15, 0.2) is 5.52 Å². The Morgan fingerprint density at radius 2 is 1.89 bits per heavy atom. The van der Waals surface area contributed by atoms with Crippen molar-refractivity contribution >= 4 is 11.0 Å². The van der Waals surface area contributed by atoms with Crippen molar-refractivity contribution in [2.45, 2.75) is 0 Å². The van der Waals surface area contributed by atoms with Crippen LogP contribution < -0.4 is 5.56 Å². The van der Waals surface area contributed by atoms with E-state index in [1.54, 1.807) is 28.5 Å². The minimum Gasteiger partial charge on any atom is -0.279 e. The molecule has 0 atom stereocenters. The van der Waals surface area contributed by atoms with Crippen molar-refractivity contribution in [1.29, 1.82) is 5.26 Å². The number of nitrogens with zero attached hydrogens (tertiary/aromatic N) is 4. The van der Waals surface area contributed by atoms with Gasteiger partial charge >= 0.3 is 0 Å². The van der Waals surface area contributed by atoms with E-state index in [1.807, 2.05) is 36.4 Å². The summed E-state index contributed by atoms with van der Waals surface area (Å²) in [7, 11) is 1.80. The molecule has 0 saturated heterocycles. The fraction of sp³-hybridized carbons (Fsp3) is 0.0714. The van der Waals surface area contributed by atoms with E-state index in [0.717, 1.165) is 5.69 Å². The lowest BCUT2D eigenvalue weighted by Gasteiger charge is -2.06. The number of para-hydroxylation sites is 1. The van der Waals surface area contributed by atoms with Gasteiger partial charge in [-0.2, -0.15) is 5.26 Å². The van der Waals surface area contributed by atoms with E-state index in [-0.39, 0.29) is 11.3 Å². The molecule has 0 N–H and O–H groups in total. The van der Waals surface area contributed by atoms with Gasteiger partial charge in [0, 0.05) is 7.05 Å². The van der Waals surface area contributed by atoms with Crippen LogP contribution in [0.25, 0.3) is 16.7 Å². The molecule has 5 nitrogen and oxygen atoms in total. The summed E-state index contributed by atoms with van der Waals surface area (Å²) in [5, 5.41) is 8.85. The summed E-state index contributed by atoms with van der Waals surface area (Å²) in [5.41, 5.74) is 1.81. The fourth-order valence-electron chi connectivity index (χ4n) is 2.14. The van der Waals surface area contributed by atoms with E-state index < -0.39 is 0 Å². The molecule has 3 aromatic rings. The molecular formula is C14H10N4O. The normalized spacial score (nSPS) is 10.5. The molecule has 0 saturated carbocycles. The van der Waals surface area contributed by atoms with E-state index in [2.05, 4.69) is 4.98 Å². The second-order valence-electron chi connectivity index (χ2n) is 4.15. The number of aryl methyl sites for hydroxylation is 1. The average molecular weight is 250 g/mol. The van der Waals surface area contributed by atoms with Gasteiger partial charge in [0.1, 0.15) is 11.8 Å². The monoisotopic (exact) mass is 250 g/mol. The number of nitriles is 1. The lowest BCUT2D eigenvalue weighted by atomic mass is 10.3. The summed E-state index contributed by atoms with van der Waals surface area (Å²) in [6, 6.07) is 14.6. The first-order valence-corrected chi connectivity index (χ1v) is 5.76. The van der Waals surface area contributed by atoms with Crippen LogP contribution in [0.15, 0.2) is 47.3 Å². The number of hydrogen-bond donors (Lipinski definition) is 0. The zero-order chi connectivity index (χ0) is 13.4. The van der Waals surface area contributed by atoms with E-state index >= 15 is 0 Å². The third-order valence-corrected chi connectivity index (χ3v) is 3.03. The molecule has 3 rings (SSSR count). The van der Waals surface area contributed by atoms with Crippen molar-refractivity contribution in [1.82, 2.24) is 14.3 Å². The van der Waals surface area contributed by atoms with Gasteiger partial charge in [-0.25, -0.2) is 9.67 Å². The van der Waals surface area contributed by atoms with Crippen molar-refractivity contribution < 1.29 is 0 Å². The Kier molecular flexibility index (Phi) is 2.43. The first-order valence-electron chi connectivity index (χ1n) is 5.76. The maximum Gasteiger partial charge on any atom is 0.297 e. The molecule has 0 aliphatic heterocycles. The molecule has 19 heavy (non-hydrogen) atoms. The third kappa shape index (κ3) is 1.62. The lowest BCUT2D eigenvalue weighted by Crippen LogP contribution is -2.19. The van der Waals surface area contributed by atoms with E-state index in [9.17, 15) is 4.79 Å².